The minimum atomic E-state index is -0.312. The van der Waals surface area contributed by atoms with Crippen LogP contribution in [0, 0.1) is 11.7 Å². The molecule has 1 aliphatic heterocycles. The summed E-state index contributed by atoms with van der Waals surface area (Å²) >= 11 is 5.73. The maximum Gasteiger partial charge on any atom is 0.142 e. The summed E-state index contributed by atoms with van der Waals surface area (Å²) in [5.41, 5.74) is 1.02. The number of nitrogens with one attached hydrogen (secondary N) is 1. The number of hydrogen-bond donors (Lipinski definition) is 1. The van der Waals surface area contributed by atoms with E-state index in [1.807, 2.05) is 6.07 Å². The number of benzene rings is 1. The van der Waals surface area contributed by atoms with E-state index in [1.54, 1.807) is 12.1 Å². The lowest BCUT2D eigenvalue weighted by molar-refractivity contribution is 0.165. The van der Waals surface area contributed by atoms with Crippen molar-refractivity contribution in [1.82, 2.24) is 10.2 Å². The van der Waals surface area contributed by atoms with Gasteiger partial charge in [0.25, 0.3) is 0 Å². The first-order chi connectivity index (χ1) is 9.70. The van der Waals surface area contributed by atoms with Gasteiger partial charge >= 0.3 is 0 Å². The zero-order valence-corrected chi connectivity index (χ0v) is 12.5. The van der Waals surface area contributed by atoms with Gasteiger partial charge in [-0.2, -0.15) is 0 Å². The second kappa shape index (κ2) is 6.42. The molecule has 110 valence electrons. The maximum absolute atomic E-state index is 13.5. The van der Waals surface area contributed by atoms with Crippen LogP contribution in [0.2, 0.25) is 5.02 Å². The van der Waals surface area contributed by atoms with Crippen LogP contribution in [0.15, 0.2) is 18.2 Å². The molecular weight excluding hydrogens is 275 g/mol. The van der Waals surface area contributed by atoms with E-state index in [4.69, 9.17) is 11.6 Å². The summed E-state index contributed by atoms with van der Waals surface area (Å²) in [6, 6.07) is 5.93. The Labute approximate surface area is 125 Å². The molecule has 0 bridgehead atoms. The lowest BCUT2D eigenvalue weighted by atomic mass is 9.97. The van der Waals surface area contributed by atoms with Crippen molar-refractivity contribution in [2.45, 2.75) is 38.3 Å². The summed E-state index contributed by atoms with van der Waals surface area (Å²) in [5.74, 6) is 0.426. The smallest absolute Gasteiger partial charge is 0.142 e. The van der Waals surface area contributed by atoms with E-state index in [-0.39, 0.29) is 10.8 Å². The average molecular weight is 297 g/mol. The average Bonchev–Trinajstić information content (AvgIpc) is 3.25. The summed E-state index contributed by atoms with van der Waals surface area (Å²) in [5, 5.41) is 3.83. The summed E-state index contributed by atoms with van der Waals surface area (Å²) in [6.45, 7) is 4.19. The summed E-state index contributed by atoms with van der Waals surface area (Å²) in [7, 11) is 0. The second-order valence-electron chi connectivity index (χ2n) is 6.17. The summed E-state index contributed by atoms with van der Waals surface area (Å²) < 4.78 is 13.5. The van der Waals surface area contributed by atoms with Gasteiger partial charge in [0.1, 0.15) is 5.82 Å². The van der Waals surface area contributed by atoms with E-state index in [2.05, 4.69) is 10.2 Å². The fourth-order valence-electron chi connectivity index (χ4n) is 2.98. The number of nitrogens with zero attached hydrogens (tertiary/aromatic N) is 1. The Balaban J connectivity index is 1.51. The van der Waals surface area contributed by atoms with Crippen molar-refractivity contribution in [2.75, 3.05) is 19.6 Å². The van der Waals surface area contributed by atoms with Gasteiger partial charge in [-0.1, -0.05) is 17.7 Å². The standard InChI is InChI=1S/C16H22ClFN2/c17-15-6-3-12(8-16(15)18)10-20-7-1-2-13(11-20)9-19-14-4-5-14/h3,6,8,13-14,19H,1-2,4-5,7,9-11H2. The van der Waals surface area contributed by atoms with Gasteiger partial charge in [-0.15, -0.1) is 0 Å². The molecule has 1 N–H and O–H groups in total. The molecule has 2 nitrogen and oxygen atoms in total. The Kier molecular flexibility index (Phi) is 4.59. The van der Waals surface area contributed by atoms with E-state index >= 15 is 0 Å². The van der Waals surface area contributed by atoms with Crippen LogP contribution in [0.1, 0.15) is 31.2 Å². The molecule has 0 spiro atoms. The van der Waals surface area contributed by atoms with E-state index in [0.29, 0.717) is 0 Å². The van der Waals surface area contributed by atoms with Crippen molar-refractivity contribution < 1.29 is 4.39 Å². The van der Waals surface area contributed by atoms with Crippen molar-refractivity contribution >= 4 is 11.6 Å². The molecule has 1 aliphatic carbocycles. The quantitative estimate of drug-likeness (QED) is 0.895. The molecule has 1 heterocycles. The predicted octanol–water partition coefficient (Wildman–Crippen LogP) is 3.44. The molecule has 0 aromatic heterocycles. The molecule has 1 saturated heterocycles. The molecule has 1 unspecified atom stereocenters. The highest BCUT2D eigenvalue weighted by Crippen LogP contribution is 2.23. The van der Waals surface area contributed by atoms with Gasteiger partial charge in [-0.3, -0.25) is 4.90 Å². The van der Waals surface area contributed by atoms with Crippen molar-refractivity contribution in [3.05, 3.63) is 34.6 Å². The van der Waals surface area contributed by atoms with Crippen LogP contribution >= 0.6 is 11.6 Å². The van der Waals surface area contributed by atoms with E-state index in [1.165, 1.54) is 25.7 Å². The fourth-order valence-corrected chi connectivity index (χ4v) is 3.10. The molecular formula is C16H22ClFN2. The van der Waals surface area contributed by atoms with Crippen LogP contribution in [-0.2, 0) is 6.54 Å². The first-order valence-corrected chi connectivity index (χ1v) is 7.98. The monoisotopic (exact) mass is 296 g/mol. The molecule has 1 aromatic rings. The zero-order valence-electron chi connectivity index (χ0n) is 11.7. The third-order valence-electron chi connectivity index (χ3n) is 4.27. The van der Waals surface area contributed by atoms with Crippen LogP contribution in [0.5, 0.6) is 0 Å². The molecule has 2 aliphatic rings. The van der Waals surface area contributed by atoms with E-state index in [9.17, 15) is 4.39 Å². The van der Waals surface area contributed by atoms with E-state index < -0.39 is 0 Å². The van der Waals surface area contributed by atoms with Crippen LogP contribution in [-0.4, -0.2) is 30.6 Å². The third kappa shape index (κ3) is 3.94. The van der Waals surface area contributed by atoms with Gasteiger partial charge in [-0.05, 0) is 62.4 Å². The number of hydrogen-bond acceptors (Lipinski definition) is 2. The van der Waals surface area contributed by atoms with Crippen LogP contribution in [0.3, 0.4) is 0 Å². The topological polar surface area (TPSA) is 15.3 Å². The molecule has 1 aromatic carbocycles. The van der Waals surface area contributed by atoms with E-state index in [0.717, 1.165) is 43.7 Å². The third-order valence-corrected chi connectivity index (χ3v) is 4.57. The Bertz CT molecular complexity index is 462. The Hall–Kier alpha value is -0.640. The van der Waals surface area contributed by atoms with Gasteiger partial charge < -0.3 is 5.32 Å². The zero-order chi connectivity index (χ0) is 13.9. The lowest BCUT2D eigenvalue weighted by Gasteiger charge is -2.33. The highest BCUT2D eigenvalue weighted by atomic mass is 35.5. The SMILES string of the molecule is Fc1cc(CN2CCCC(CNC3CC3)C2)ccc1Cl. The van der Waals surface area contributed by atoms with Crippen molar-refractivity contribution in [1.29, 1.82) is 0 Å². The minimum absolute atomic E-state index is 0.207. The lowest BCUT2D eigenvalue weighted by Crippen LogP contribution is -2.39. The van der Waals surface area contributed by atoms with Crippen LogP contribution < -0.4 is 5.32 Å². The summed E-state index contributed by atoms with van der Waals surface area (Å²) in [4.78, 5) is 2.44. The van der Waals surface area contributed by atoms with Gasteiger partial charge in [0.15, 0.2) is 0 Å². The second-order valence-corrected chi connectivity index (χ2v) is 6.58. The van der Waals surface area contributed by atoms with Gasteiger partial charge in [0.2, 0.25) is 0 Å². The Morgan fingerprint density at radius 3 is 2.90 bits per heavy atom. The fraction of sp³-hybridized carbons (Fsp3) is 0.625. The molecule has 20 heavy (non-hydrogen) atoms. The molecule has 0 radical (unpaired) electrons. The molecule has 1 atom stereocenters. The number of rotatable bonds is 5. The highest BCUT2D eigenvalue weighted by molar-refractivity contribution is 6.30. The van der Waals surface area contributed by atoms with Crippen LogP contribution in [0.4, 0.5) is 4.39 Å². The molecule has 1 saturated carbocycles. The van der Waals surface area contributed by atoms with Gasteiger partial charge in [-0.25, -0.2) is 4.39 Å². The van der Waals surface area contributed by atoms with Crippen molar-refractivity contribution in [2.24, 2.45) is 5.92 Å². The molecule has 2 fully saturated rings. The first-order valence-electron chi connectivity index (χ1n) is 7.60. The minimum Gasteiger partial charge on any atom is -0.314 e. The Morgan fingerprint density at radius 2 is 2.15 bits per heavy atom. The largest absolute Gasteiger partial charge is 0.314 e. The number of piperidine rings is 1. The number of halogens is 2. The first kappa shape index (κ1) is 14.3. The Morgan fingerprint density at radius 1 is 1.30 bits per heavy atom. The predicted molar refractivity (Wildman–Crippen MR) is 80.4 cm³/mol. The van der Waals surface area contributed by atoms with Crippen molar-refractivity contribution in [3.8, 4) is 0 Å². The van der Waals surface area contributed by atoms with Gasteiger partial charge in [0, 0.05) is 19.1 Å². The highest BCUT2D eigenvalue weighted by Gasteiger charge is 2.24. The number of likely N-dealkylation sites (tertiary alicyclic amines) is 1. The van der Waals surface area contributed by atoms with Crippen LogP contribution in [0.25, 0.3) is 0 Å². The van der Waals surface area contributed by atoms with Crippen molar-refractivity contribution in [3.63, 3.8) is 0 Å². The maximum atomic E-state index is 13.5. The molecule has 3 rings (SSSR count). The van der Waals surface area contributed by atoms with Gasteiger partial charge in [0.05, 0.1) is 5.02 Å². The molecule has 0 amide bonds. The molecule has 4 heteroatoms. The normalized spacial score (nSPS) is 24.0. The summed E-state index contributed by atoms with van der Waals surface area (Å²) in [6.07, 6.45) is 5.25.